The zero-order valence-electron chi connectivity index (χ0n) is 10.8. The van der Waals surface area contributed by atoms with E-state index in [0.29, 0.717) is 6.54 Å². The predicted octanol–water partition coefficient (Wildman–Crippen LogP) is 1.83. The smallest absolute Gasteiger partial charge is 0.253 e. The number of halogens is 1. The van der Waals surface area contributed by atoms with Gasteiger partial charge in [-0.1, -0.05) is 24.3 Å². The summed E-state index contributed by atoms with van der Waals surface area (Å²) in [6.45, 7) is 0.285. The molecule has 5 heteroatoms. The average molecular weight is 274 g/mol. The molecule has 0 aromatic heterocycles. The number of nitrogens with two attached hydrogens (primary N) is 1. The minimum atomic E-state index is -0.503. The molecular weight excluding hydrogens is 259 g/mol. The fraction of sp³-hybridized carbons (Fsp3) is 0.133. The molecule has 0 spiro atoms. The highest BCUT2D eigenvalue weighted by molar-refractivity contribution is 5.99. The number of amides is 1. The van der Waals surface area contributed by atoms with Crippen molar-refractivity contribution in [1.29, 1.82) is 0 Å². The number of anilines is 1. The maximum absolute atomic E-state index is 13.1. The van der Waals surface area contributed by atoms with E-state index >= 15 is 0 Å². The van der Waals surface area contributed by atoms with E-state index < -0.39 is 11.7 Å². The Labute approximate surface area is 116 Å². The molecule has 0 unspecified atom stereocenters. The summed E-state index contributed by atoms with van der Waals surface area (Å²) >= 11 is 0. The van der Waals surface area contributed by atoms with Gasteiger partial charge in [0.2, 0.25) is 0 Å². The molecule has 0 saturated carbocycles. The monoisotopic (exact) mass is 274 g/mol. The Morgan fingerprint density at radius 1 is 1.15 bits per heavy atom. The van der Waals surface area contributed by atoms with Crippen LogP contribution in [0.5, 0.6) is 0 Å². The molecule has 20 heavy (non-hydrogen) atoms. The number of aliphatic hydroxyl groups is 1. The van der Waals surface area contributed by atoms with Gasteiger partial charge >= 0.3 is 0 Å². The van der Waals surface area contributed by atoms with Crippen LogP contribution in [0.4, 0.5) is 10.1 Å². The van der Waals surface area contributed by atoms with E-state index in [0.717, 1.165) is 17.2 Å². The number of nitrogens with one attached hydrogen (secondary N) is 1. The quantitative estimate of drug-likeness (QED) is 0.744. The summed E-state index contributed by atoms with van der Waals surface area (Å²) in [6, 6.07) is 10.8. The Balaban J connectivity index is 2.02. The first-order valence-corrected chi connectivity index (χ1v) is 6.12. The maximum Gasteiger partial charge on any atom is 0.253 e. The first-order valence-electron chi connectivity index (χ1n) is 6.12. The normalized spacial score (nSPS) is 10.3. The lowest BCUT2D eigenvalue weighted by molar-refractivity contribution is 0.0951. The fourth-order valence-corrected chi connectivity index (χ4v) is 1.77. The van der Waals surface area contributed by atoms with Crippen LogP contribution in [0, 0.1) is 5.82 Å². The lowest BCUT2D eigenvalue weighted by Crippen LogP contribution is -2.24. The highest BCUT2D eigenvalue weighted by Crippen LogP contribution is 2.13. The topological polar surface area (TPSA) is 75.4 Å². The van der Waals surface area contributed by atoms with Crippen molar-refractivity contribution in [2.75, 3.05) is 5.73 Å². The first kappa shape index (κ1) is 14.0. The third-order valence-electron chi connectivity index (χ3n) is 2.92. The Morgan fingerprint density at radius 2 is 1.80 bits per heavy atom. The van der Waals surface area contributed by atoms with Crippen LogP contribution in [0.2, 0.25) is 0 Å². The zero-order chi connectivity index (χ0) is 14.5. The SMILES string of the molecule is Nc1ccc(F)cc1C(=O)NCc1ccc(CO)cc1. The third-order valence-corrected chi connectivity index (χ3v) is 2.92. The largest absolute Gasteiger partial charge is 0.398 e. The van der Waals surface area contributed by atoms with Gasteiger partial charge in [-0.25, -0.2) is 4.39 Å². The summed E-state index contributed by atoms with van der Waals surface area (Å²) in [7, 11) is 0. The van der Waals surface area contributed by atoms with Gasteiger partial charge < -0.3 is 16.2 Å². The molecular formula is C15H15FN2O2. The van der Waals surface area contributed by atoms with Crippen LogP contribution < -0.4 is 11.1 Å². The Kier molecular flexibility index (Phi) is 4.32. The number of hydrogen-bond donors (Lipinski definition) is 3. The van der Waals surface area contributed by atoms with Crippen molar-refractivity contribution < 1.29 is 14.3 Å². The molecule has 0 aliphatic heterocycles. The lowest BCUT2D eigenvalue weighted by Gasteiger charge is -2.08. The molecule has 4 N–H and O–H groups in total. The van der Waals surface area contributed by atoms with E-state index in [4.69, 9.17) is 10.8 Å². The van der Waals surface area contributed by atoms with Crippen LogP contribution in [0.1, 0.15) is 21.5 Å². The first-order chi connectivity index (χ1) is 9.60. The van der Waals surface area contributed by atoms with E-state index in [2.05, 4.69) is 5.32 Å². The summed E-state index contributed by atoms with van der Waals surface area (Å²) in [5.74, 6) is -0.926. The van der Waals surface area contributed by atoms with Crippen molar-refractivity contribution in [3.05, 3.63) is 65.0 Å². The highest BCUT2D eigenvalue weighted by atomic mass is 19.1. The molecule has 2 aromatic rings. The van der Waals surface area contributed by atoms with Gasteiger partial charge in [-0.2, -0.15) is 0 Å². The van der Waals surface area contributed by atoms with E-state index in [-0.39, 0.29) is 17.9 Å². The molecule has 0 bridgehead atoms. The molecule has 0 atom stereocenters. The molecule has 2 aromatic carbocycles. The van der Waals surface area contributed by atoms with Crippen LogP contribution in [0.25, 0.3) is 0 Å². The minimum Gasteiger partial charge on any atom is -0.398 e. The van der Waals surface area contributed by atoms with Gasteiger partial charge in [-0.3, -0.25) is 4.79 Å². The van der Waals surface area contributed by atoms with Crippen LogP contribution in [0.3, 0.4) is 0 Å². The number of aliphatic hydroxyl groups excluding tert-OH is 1. The predicted molar refractivity (Wildman–Crippen MR) is 74.3 cm³/mol. The number of rotatable bonds is 4. The number of carbonyl (C=O) groups excluding carboxylic acids is 1. The van der Waals surface area contributed by atoms with Crippen molar-refractivity contribution in [2.24, 2.45) is 0 Å². The lowest BCUT2D eigenvalue weighted by atomic mass is 10.1. The molecule has 1 amide bonds. The fourth-order valence-electron chi connectivity index (χ4n) is 1.77. The third kappa shape index (κ3) is 3.33. The highest BCUT2D eigenvalue weighted by Gasteiger charge is 2.10. The molecule has 0 saturated heterocycles. The molecule has 104 valence electrons. The van der Waals surface area contributed by atoms with Crippen LogP contribution >= 0.6 is 0 Å². The van der Waals surface area contributed by atoms with Crippen molar-refractivity contribution in [2.45, 2.75) is 13.2 Å². The van der Waals surface area contributed by atoms with Gasteiger partial charge in [0, 0.05) is 12.2 Å². The number of hydrogen-bond acceptors (Lipinski definition) is 3. The Hall–Kier alpha value is -2.40. The second kappa shape index (κ2) is 6.16. The summed E-state index contributed by atoms with van der Waals surface area (Å²) < 4.78 is 13.1. The number of nitrogen functional groups attached to an aromatic ring is 1. The van der Waals surface area contributed by atoms with Gasteiger partial charge in [-0.05, 0) is 29.3 Å². The van der Waals surface area contributed by atoms with Gasteiger partial charge in [0.25, 0.3) is 5.91 Å². The van der Waals surface area contributed by atoms with Crippen molar-refractivity contribution in [3.63, 3.8) is 0 Å². The van der Waals surface area contributed by atoms with Gasteiger partial charge in [0.15, 0.2) is 0 Å². The molecule has 0 radical (unpaired) electrons. The molecule has 0 heterocycles. The molecule has 4 nitrogen and oxygen atoms in total. The number of benzene rings is 2. The second-order valence-electron chi connectivity index (χ2n) is 4.39. The Bertz CT molecular complexity index is 612. The van der Waals surface area contributed by atoms with Gasteiger partial charge in [0.05, 0.1) is 12.2 Å². The standard InChI is InChI=1S/C15H15FN2O2/c16-12-5-6-14(17)13(7-12)15(20)18-8-10-1-3-11(9-19)4-2-10/h1-7,19H,8-9,17H2,(H,18,20). The Morgan fingerprint density at radius 3 is 2.45 bits per heavy atom. The van der Waals surface area contributed by atoms with Crippen molar-refractivity contribution in [3.8, 4) is 0 Å². The van der Waals surface area contributed by atoms with Crippen molar-refractivity contribution in [1.82, 2.24) is 5.32 Å². The average Bonchev–Trinajstić information content (AvgIpc) is 2.47. The summed E-state index contributed by atoms with van der Waals surface area (Å²) in [4.78, 5) is 11.9. The maximum atomic E-state index is 13.1. The molecule has 0 fully saturated rings. The van der Waals surface area contributed by atoms with Crippen molar-refractivity contribution >= 4 is 11.6 Å². The molecule has 0 aliphatic carbocycles. The minimum absolute atomic E-state index is 0.0214. The van der Waals surface area contributed by atoms with E-state index in [9.17, 15) is 9.18 Å². The van der Waals surface area contributed by atoms with Crippen LogP contribution in [-0.4, -0.2) is 11.0 Å². The molecule has 2 rings (SSSR count). The second-order valence-corrected chi connectivity index (χ2v) is 4.39. The van der Waals surface area contributed by atoms with Crippen LogP contribution in [-0.2, 0) is 13.2 Å². The van der Waals surface area contributed by atoms with Gasteiger partial charge in [0.1, 0.15) is 5.82 Å². The van der Waals surface area contributed by atoms with E-state index in [1.807, 2.05) is 0 Å². The van der Waals surface area contributed by atoms with E-state index in [1.54, 1.807) is 24.3 Å². The van der Waals surface area contributed by atoms with E-state index in [1.165, 1.54) is 12.1 Å². The molecule has 0 aliphatic rings. The summed E-state index contributed by atoms with van der Waals surface area (Å²) in [6.07, 6.45) is 0. The summed E-state index contributed by atoms with van der Waals surface area (Å²) in [5, 5.41) is 11.6. The summed E-state index contributed by atoms with van der Waals surface area (Å²) in [5.41, 5.74) is 7.68. The van der Waals surface area contributed by atoms with Crippen LogP contribution in [0.15, 0.2) is 42.5 Å². The number of carbonyl (C=O) groups is 1. The zero-order valence-corrected chi connectivity index (χ0v) is 10.8. The van der Waals surface area contributed by atoms with Gasteiger partial charge in [-0.15, -0.1) is 0 Å².